The van der Waals surface area contributed by atoms with Crippen molar-refractivity contribution in [2.75, 3.05) is 0 Å². The van der Waals surface area contributed by atoms with Crippen molar-refractivity contribution < 1.29 is 9.90 Å². The summed E-state index contributed by atoms with van der Waals surface area (Å²) in [6, 6.07) is 22.2. The van der Waals surface area contributed by atoms with Crippen molar-refractivity contribution in [3.63, 3.8) is 0 Å². The topological polar surface area (TPSA) is 37.3 Å². The van der Waals surface area contributed by atoms with Gasteiger partial charge in [-0.25, -0.2) is 0 Å². The van der Waals surface area contributed by atoms with E-state index in [0.29, 0.717) is 20.8 Å². The van der Waals surface area contributed by atoms with E-state index >= 15 is 0 Å². The number of benzene rings is 3. The average Bonchev–Trinajstić information content (AvgIpc) is 2.71. The van der Waals surface area contributed by atoms with Crippen LogP contribution in [0.3, 0.4) is 0 Å². The second-order valence-electron chi connectivity index (χ2n) is 7.84. The number of aromatic hydroxyl groups is 1. The molecule has 0 aromatic heterocycles. The molecule has 3 aromatic rings. The van der Waals surface area contributed by atoms with Crippen molar-refractivity contribution in [3.05, 3.63) is 94.5 Å². The fourth-order valence-corrected chi connectivity index (χ4v) is 5.48. The SMILES string of the molecule is CCC(C)(Pc1c(C)cccc1C(C)=O)c1cccc(Cc2ccccc2)c1O. The van der Waals surface area contributed by atoms with Gasteiger partial charge in [0.2, 0.25) is 0 Å². The maximum Gasteiger partial charge on any atom is 0.160 e. The number of phenols is 1. The highest BCUT2D eigenvalue weighted by molar-refractivity contribution is 7.49. The minimum absolute atomic E-state index is 0.0942. The molecule has 0 fully saturated rings. The summed E-state index contributed by atoms with van der Waals surface area (Å²) in [5, 5.41) is 12.0. The first kappa shape index (κ1) is 21.3. The van der Waals surface area contributed by atoms with E-state index in [1.54, 1.807) is 6.92 Å². The van der Waals surface area contributed by atoms with Crippen molar-refractivity contribution in [3.8, 4) is 5.75 Å². The molecular weight excluding hydrogens is 375 g/mol. The Morgan fingerprint density at radius 2 is 1.69 bits per heavy atom. The molecule has 0 aliphatic heterocycles. The van der Waals surface area contributed by atoms with Crippen LogP contribution in [-0.4, -0.2) is 10.9 Å². The molecule has 3 heteroatoms. The van der Waals surface area contributed by atoms with Gasteiger partial charge in [-0.15, -0.1) is 0 Å². The Labute approximate surface area is 175 Å². The summed E-state index contributed by atoms with van der Waals surface area (Å²) in [5.74, 6) is 0.475. The number of aryl methyl sites for hydroxylation is 1. The van der Waals surface area contributed by atoms with Crippen molar-refractivity contribution in [2.24, 2.45) is 0 Å². The summed E-state index contributed by atoms with van der Waals surface area (Å²) in [6.07, 6.45) is 1.58. The molecular formula is C26H29O2P. The van der Waals surface area contributed by atoms with Gasteiger partial charge in [-0.3, -0.25) is 4.79 Å². The van der Waals surface area contributed by atoms with Crippen LogP contribution in [0.2, 0.25) is 0 Å². The zero-order valence-corrected chi connectivity index (χ0v) is 18.6. The minimum Gasteiger partial charge on any atom is -0.507 e. The van der Waals surface area contributed by atoms with Crippen LogP contribution in [0.25, 0.3) is 0 Å². The highest BCUT2D eigenvalue weighted by Gasteiger charge is 2.30. The largest absolute Gasteiger partial charge is 0.507 e. The Hall–Kier alpha value is -2.44. The fourth-order valence-electron chi connectivity index (χ4n) is 3.74. The van der Waals surface area contributed by atoms with E-state index in [2.05, 4.69) is 39.0 Å². The molecule has 0 heterocycles. The molecule has 2 atom stereocenters. The number of hydrogen-bond donors (Lipinski definition) is 1. The van der Waals surface area contributed by atoms with E-state index in [1.807, 2.05) is 48.5 Å². The van der Waals surface area contributed by atoms with Gasteiger partial charge in [0.25, 0.3) is 0 Å². The summed E-state index contributed by atoms with van der Waals surface area (Å²) in [5.41, 5.74) is 5.01. The first-order valence-electron chi connectivity index (χ1n) is 10.1. The van der Waals surface area contributed by atoms with Gasteiger partial charge >= 0.3 is 0 Å². The van der Waals surface area contributed by atoms with Crippen LogP contribution in [0.1, 0.15) is 59.8 Å². The molecule has 29 heavy (non-hydrogen) atoms. The molecule has 0 aliphatic rings. The lowest BCUT2D eigenvalue weighted by Gasteiger charge is -2.32. The average molecular weight is 404 g/mol. The molecule has 0 saturated heterocycles. The number of phenolic OH excluding ortho intramolecular Hbond substituents is 1. The maximum absolute atomic E-state index is 12.2. The van der Waals surface area contributed by atoms with E-state index in [9.17, 15) is 9.90 Å². The predicted molar refractivity (Wildman–Crippen MR) is 124 cm³/mol. The van der Waals surface area contributed by atoms with Gasteiger partial charge in [0.15, 0.2) is 5.78 Å². The predicted octanol–water partition coefficient (Wildman–Crippen LogP) is 6.12. The van der Waals surface area contributed by atoms with Gasteiger partial charge in [-0.2, -0.15) is 0 Å². The first-order valence-corrected chi connectivity index (χ1v) is 11.1. The van der Waals surface area contributed by atoms with Crippen LogP contribution in [0.4, 0.5) is 0 Å². The van der Waals surface area contributed by atoms with Crippen molar-refractivity contribution in [1.29, 1.82) is 0 Å². The van der Waals surface area contributed by atoms with E-state index in [-0.39, 0.29) is 10.9 Å². The molecule has 0 spiro atoms. The monoisotopic (exact) mass is 404 g/mol. The molecule has 3 rings (SSSR count). The number of hydrogen-bond acceptors (Lipinski definition) is 2. The van der Waals surface area contributed by atoms with Gasteiger partial charge in [0.1, 0.15) is 5.75 Å². The number of ketones is 1. The molecule has 0 saturated carbocycles. The van der Waals surface area contributed by atoms with Crippen LogP contribution in [0.15, 0.2) is 66.7 Å². The first-order chi connectivity index (χ1) is 13.9. The van der Waals surface area contributed by atoms with E-state index < -0.39 is 0 Å². The lowest BCUT2D eigenvalue weighted by molar-refractivity contribution is 0.101. The number of Topliss-reactive ketones (excluding diaryl/α,β-unsaturated/α-hetero) is 1. The highest BCUT2D eigenvalue weighted by Crippen LogP contribution is 2.48. The third-order valence-electron chi connectivity index (χ3n) is 5.71. The lowest BCUT2D eigenvalue weighted by Crippen LogP contribution is -2.23. The molecule has 0 aliphatic carbocycles. The third-order valence-corrected chi connectivity index (χ3v) is 7.80. The van der Waals surface area contributed by atoms with E-state index in [4.69, 9.17) is 0 Å². The quantitative estimate of drug-likeness (QED) is 0.380. The van der Waals surface area contributed by atoms with Gasteiger partial charge < -0.3 is 5.11 Å². The second-order valence-corrected chi connectivity index (χ2v) is 9.69. The van der Waals surface area contributed by atoms with Gasteiger partial charge in [0, 0.05) is 22.7 Å². The Balaban J connectivity index is 2.02. The van der Waals surface area contributed by atoms with Crippen molar-refractivity contribution >= 4 is 19.7 Å². The summed E-state index contributed by atoms with van der Waals surface area (Å²) >= 11 is 0. The third kappa shape index (κ3) is 4.60. The zero-order chi connectivity index (χ0) is 21.0. The second kappa shape index (κ2) is 8.93. The highest BCUT2D eigenvalue weighted by atomic mass is 31.1. The normalized spacial score (nSPS) is 13.5. The van der Waals surface area contributed by atoms with Crippen LogP contribution in [0, 0.1) is 6.92 Å². The van der Waals surface area contributed by atoms with Crippen LogP contribution in [-0.2, 0) is 11.6 Å². The van der Waals surface area contributed by atoms with Crippen molar-refractivity contribution in [2.45, 2.75) is 45.7 Å². The van der Waals surface area contributed by atoms with E-state index in [0.717, 1.165) is 34.0 Å². The minimum atomic E-state index is -0.243. The van der Waals surface area contributed by atoms with Gasteiger partial charge in [0.05, 0.1) is 0 Å². The van der Waals surface area contributed by atoms with E-state index in [1.165, 1.54) is 5.56 Å². The summed E-state index contributed by atoms with van der Waals surface area (Å²) in [4.78, 5) is 12.2. The van der Waals surface area contributed by atoms with Crippen LogP contribution in [0.5, 0.6) is 5.75 Å². The lowest BCUT2D eigenvalue weighted by atomic mass is 9.92. The number of carbonyl (C=O) groups excluding carboxylic acids is 1. The smallest absolute Gasteiger partial charge is 0.160 e. The van der Waals surface area contributed by atoms with Crippen LogP contribution < -0.4 is 5.30 Å². The Morgan fingerprint density at radius 3 is 2.34 bits per heavy atom. The van der Waals surface area contributed by atoms with Gasteiger partial charge in [-0.1, -0.05) is 89.2 Å². The summed E-state index contributed by atoms with van der Waals surface area (Å²) in [7, 11) is 0.396. The van der Waals surface area contributed by atoms with Gasteiger partial charge in [-0.05, 0) is 42.3 Å². The number of rotatable bonds is 7. The molecule has 3 aromatic carbocycles. The molecule has 1 N–H and O–H groups in total. The standard InChI is InChI=1S/C26H29O2P/c1-5-26(4,29-25-18(2)11-9-15-22(25)19(3)27)23-16-10-14-21(24(23)28)17-20-12-7-6-8-13-20/h6-16,28-29H,5,17H2,1-4H3. The molecule has 150 valence electrons. The summed E-state index contributed by atoms with van der Waals surface area (Å²) < 4.78 is 0. The van der Waals surface area contributed by atoms with Crippen molar-refractivity contribution in [1.82, 2.24) is 0 Å². The molecule has 0 radical (unpaired) electrons. The molecule has 0 bridgehead atoms. The zero-order valence-electron chi connectivity index (χ0n) is 17.6. The Kier molecular flexibility index (Phi) is 6.55. The summed E-state index contributed by atoms with van der Waals surface area (Å²) in [6.45, 7) is 8.05. The molecule has 2 unspecified atom stereocenters. The number of carbonyl (C=O) groups is 1. The number of para-hydroxylation sites is 1. The van der Waals surface area contributed by atoms with Crippen LogP contribution >= 0.6 is 8.58 Å². The fraction of sp³-hybridized carbons (Fsp3) is 0.269. The Bertz CT molecular complexity index is 1010. The molecule has 2 nitrogen and oxygen atoms in total. The molecule has 0 amide bonds. The maximum atomic E-state index is 12.2. The Morgan fingerprint density at radius 1 is 1.00 bits per heavy atom.